The Hall–Kier alpha value is -0.780. The largest absolute Gasteiger partial charge is 0.370 e. The highest BCUT2D eigenvalue weighted by molar-refractivity contribution is 7.92. The number of aliphatic imine (C=N–C) groups is 1. The molecule has 0 aromatic rings. The molecule has 5 nitrogen and oxygen atoms in total. The van der Waals surface area contributed by atoms with E-state index in [-0.39, 0.29) is 17.5 Å². The number of rotatable bonds is 3. The van der Waals surface area contributed by atoms with Crippen LogP contribution in [0.4, 0.5) is 0 Å². The molecule has 0 atom stereocenters. The maximum Gasteiger partial charge on any atom is 0.188 e. The number of hydrogen-bond acceptors (Lipinski definition) is 3. The summed E-state index contributed by atoms with van der Waals surface area (Å²) in [5.74, 6) is 0.701. The number of sulfone groups is 1. The Morgan fingerprint density at radius 3 is 2.69 bits per heavy atom. The third kappa shape index (κ3) is 3.22. The van der Waals surface area contributed by atoms with E-state index < -0.39 is 9.84 Å². The van der Waals surface area contributed by atoms with Crippen molar-refractivity contribution in [2.75, 3.05) is 18.1 Å². The van der Waals surface area contributed by atoms with E-state index in [1.165, 1.54) is 0 Å². The molecular formula is C7H15N3O2S. The summed E-state index contributed by atoms with van der Waals surface area (Å²) in [6.07, 6.45) is 0.936. The van der Waals surface area contributed by atoms with Gasteiger partial charge in [0.1, 0.15) is 0 Å². The summed E-state index contributed by atoms with van der Waals surface area (Å²) >= 11 is 0. The normalized spacial score (nSPS) is 22.4. The van der Waals surface area contributed by atoms with Crippen molar-refractivity contribution in [1.29, 1.82) is 0 Å². The lowest BCUT2D eigenvalue weighted by Gasteiger charge is -2.26. The van der Waals surface area contributed by atoms with Crippen molar-refractivity contribution < 1.29 is 8.42 Å². The van der Waals surface area contributed by atoms with Gasteiger partial charge in [0, 0.05) is 6.54 Å². The lowest BCUT2D eigenvalue weighted by atomic mass is 10.4. The van der Waals surface area contributed by atoms with Gasteiger partial charge in [-0.05, 0) is 6.42 Å². The number of nitrogens with two attached hydrogens (primary N) is 1. The summed E-state index contributed by atoms with van der Waals surface area (Å²) in [7, 11) is -2.77. The Morgan fingerprint density at radius 2 is 2.23 bits per heavy atom. The molecule has 1 aliphatic heterocycles. The van der Waals surface area contributed by atoms with Gasteiger partial charge in [0.25, 0.3) is 0 Å². The third-order valence-electron chi connectivity index (χ3n) is 1.77. The Kier molecular flexibility index (Phi) is 3.13. The van der Waals surface area contributed by atoms with Gasteiger partial charge in [-0.25, -0.2) is 8.42 Å². The van der Waals surface area contributed by atoms with E-state index >= 15 is 0 Å². The van der Waals surface area contributed by atoms with E-state index in [1.54, 1.807) is 0 Å². The van der Waals surface area contributed by atoms with Crippen LogP contribution >= 0.6 is 0 Å². The summed E-state index contributed by atoms with van der Waals surface area (Å²) in [6, 6.07) is -0.0365. The second-order valence-corrected chi connectivity index (χ2v) is 5.34. The molecule has 6 heteroatoms. The third-order valence-corrected chi connectivity index (χ3v) is 3.59. The first-order chi connectivity index (χ1) is 6.03. The van der Waals surface area contributed by atoms with E-state index in [9.17, 15) is 8.42 Å². The Balaban J connectivity index is 2.27. The van der Waals surface area contributed by atoms with Crippen molar-refractivity contribution in [3.63, 3.8) is 0 Å². The SMILES string of the molecule is CCCN=C(N)NC1CS(=O)(=O)C1. The maximum atomic E-state index is 10.8. The molecule has 0 aromatic carbocycles. The van der Waals surface area contributed by atoms with Gasteiger partial charge in [0.2, 0.25) is 0 Å². The first-order valence-electron chi connectivity index (χ1n) is 4.30. The van der Waals surface area contributed by atoms with Gasteiger partial charge in [-0.2, -0.15) is 0 Å². The first kappa shape index (κ1) is 10.3. The van der Waals surface area contributed by atoms with Crippen molar-refractivity contribution in [2.24, 2.45) is 10.7 Å². The highest BCUT2D eigenvalue weighted by Gasteiger charge is 2.33. The van der Waals surface area contributed by atoms with Crippen LogP contribution in [-0.2, 0) is 9.84 Å². The first-order valence-corrected chi connectivity index (χ1v) is 6.12. The van der Waals surface area contributed by atoms with Crippen LogP contribution < -0.4 is 11.1 Å². The predicted octanol–water partition coefficient (Wildman–Crippen LogP) is -0.902. The second-order valence-electron chi connectivity index (χ2n) is 3.19. The lowest BCUT2D eigenvalue weighted by molar-refractivity contribution is 0.550. The standard InChI is InChI=1S/C7H15N3O2S/c1-2-3-9-7(8)10-6-4-13(11,12)5-6/h6H,2-5H2,1H3,(H3,8,9,10). The molecule has 1 saturated heterocycles. The molecule has 0 spiro atoms. The fraction of sp³-hybridized carbons (Fsp3) is 0.857. The minimum atomic E-state index is -2.77. The molecule has 1 fully saturated rings. The summed E-state index contributed by atoms with van der Waals surface area (Å²) < 4.78 is 21.5. The molecule has 1 rings (SSSR count). The number of hydrogen-bond donors (Lipinski definition) is 2. The van der Waals surface area contributed by atoms with Gasteiger partial charge >= 0.3 is 0 Å². The minimum absolute atomic E-state index is 0.0365. The lowest BCUT2D eigenvalue weighted by Crippen LogP contribution is -2.54. The van der Waals surface area contributed by atoms with Gasteiger partial charge < -0.3 is 11.1 Å². The van der Waals surface area contributed by atoms with Crippen molar-refractivity contribution in [3.05, 3.63) is 0 Å². The Labute approximate surface area is 78.3 Å². The molecule has 76 valence electrons. The maximum absolute atomic E-state index is 10.8. The quantitative estimate of drug-likeness (QED) is 0.462. The molecule has 0 amide bonds. The van der Waals surface area contributed by atoms with Gasteiger partial charge in [-0.1, -0.05) is 6.92 Å². The molecule has 0 aromatic heterocycles. The topological polar surface area (TPSA) is 84.5 Å². The molecule has 0 unspecified atom stereocenters. The van der Waals surface area contributed by atoms with Crippen LogP contribution in [0.1, 0.15) is 13.3 Å². The van der Waals surface area contributed by atoms with E-state index in [0.29, 0.717) is 12.5 Å². The number of nitrogens with zero attached hydrogens (tertiary/aromatic N) is 1. The zero-order valence-corrected chi connectivity index (χ0v) is 8.47. The minimum Gasteiger partial charge on any atom is -0.370 e. The number of nitrogens with one attached hydrogen (secondary N) is 1. The molecular weight excluding hydrogens is 190 g/mol. The molecule has 0 saturated carbocycles. The average molecular weight is 205 g/mol. The summed E-state index contributed by atoms with van der Waals surface area (Å²) in [5.41, 5.74) is 5.50. The van der Waals surface area contributed by atoms with Crippen LogP contribution in [0.25, 0.3) is 0 Å². The van der Waals surface area contributed by atoms with Crippen LogP contribution in [0.2, 0.25) is 0 Å². The molecule has 1 aliphatic rings. The van der Waals surface area contributed by atoms with Crippen LogP contribution in [0.3, 0.4) is 0 Å². The van der Waals surface area contributed by atoms with Crippen molar-refractivity contribution in [2.45, 2.75) is 19.4 Å². The van der Waals surface area contributed by atoms with Gasteiger partial charge in [-0.15, -0.1) is 0 Å². The molecule has 3 N–H and O–H groups in total. The molecule has 0 bridgehead atoms. The number of guanidine groups is 1. The summed E-state index contributed by atoms with van der Waals surface area (Å²) in [5, 5.41) is 2.86. The van der Waals surface area contributed by atoms with Crippen molar-refractivity contribution in [1.82, 2.24) is 5.32 Å². The van der Waals surface area contributed by atoms with Crippen molar-refractivity contribution >= 4 is 15.8 Å². The zero-order valence-electron chi connectivity index (χ0n) is 7.66. The average Bonchev–Trinajstić information content (AvgIpc) is 1.97. The van der Waals surface area contributed by atoms with Crippen LogP contribution in [0.15, 0.2) is 4.99 Å². The van der Waals surface area contributed by atoms with Crippen LogP contribution in [-0.4, -0.2) is 38.5 Å². The van der Waals surface area contributed by atoms with E-state index in [2.05, 4.69) is 10.3 Å². The Morgan fingerprint density at radius 1 is 1.62 bits per heavy atom. The van der Waals surface area contributed by atoms with Gasteiger partial charge in [-0.3, -0.25) is 4.99 Å². The highest BCUT2D eigenvalue weighted by atomic mass is 32.2. The summed E-state index contributed by atoms with van der Waals surface area (Å²) in [4.78, 5) is 4.00. The van der Waals surface area contributed by atoms with Crippen molar-refractivity contribution in [3.8, 4) is 0 Å². The predicted molar refractivity (Wildman–Crippen MR) is 52.4 cm³/mol. The smallest absolute Gasteiger partial charge is 0.188 e. The van der Waals surface area contributed by atoms with Crippen LogP contribution in [0, 0.1) is 0 Å². The second kappa shape index (κ2) is 3.95. The van der Waals surface area contributed by atoms with Gasteiger partial charge in [0.05, 0.1) is 17.5 Å². The molecule has 1 heterocycles. The fourth-order valence-corrected chi connectivity index (χ4v) is 2.43. The molecule has 13 heavy (non-hydrogen) atoms. The van der Waals surface area contributed by atoms with E-state index in [4.69, 9.17) is 5.73 Å². The zero-order chi connectivity index (χ0) is 9.90. The highest BCUT2D eigenvalue weighted by Crippen LogP contribution is 2.09. The van der Waals surface area contributed by atoms with Crippen LogP contribution in [0.5, 0.6) is 0 Å². The molecule has 0 radical (unpaired) electrons. The molecule has 0 aliphatic carbocycles. The monoisotopic (exact) mass is 205 g/mol. The fourth-order valence-electron chi connectivity index (χ4n) is 1.13. The Bertz CT molecular complexity index is 285. The van der Waals surface area contributed by atoms with E-state index in [1.807, 2.05) is 6.92 Å². The van der Waals surface area contributed by atoms with Gasteiger partial charge in [0.15, 0.2) is 15.8 Å². The van der Waals surface area contributed by atoms with E-state index in [0.717, 1.165) is 6.42 Å². The summed E-state index contributed by atoms with van der Waals surface area (Å²) in [6.45, 7) is 2.68.